The van der Waals surface area contributed by atoms with E-state index >= 15 is 0 Å². The Kier molecular flexibility index (Phi) is 5.32. The maximum absolute atomic E-state index is 10.3. The smallest absolute Gasteiger partial charge is 0.305 e. The second-order valence-corrected chi connectivity index (χ2v) is 4.09. The van der Waals surface area contributed by atoms with Gasteiger partial charge in [-0.3, -0.25) is 4.79 Å². The van der Waals surface area contributed by atoms with Crippen molar-refractivity contribution in [1.82, 2.24) is 0 Å². The molecule has 0 amide bonds. The van der Waals surface area contributed by atoms with Crippen LogP contribution in [-0.4, -0.2) is 11.1 Å². The van der Waals surface area contributed by atoms with Crippen LogP contribution in [0.5, 0.6) is 0 Å². The molecule has 0 radical (unpaired) electrons. The fourth-order valence-corrected chi connectivity index (χ4v) is 1.88. The van der Waals surface area contributed by atoms with Crippen molar-refractivity contribution in [3.05, 3.63) is 21.3 Å². The Balaban J connectivity index is 0.00000144. The molecule has 0 aliphatic rings. The van der Waals surface area contributed by atoms with Crippen LogP contribution in [0.1, 0.15) is 17.3 Å². The average Bonchev–Trinajstić information content (AvgIpc) is 2.34. The van der Waals surface area contributed by atoms with Gasteiger partial charge in [-0.25, -0.2) is 0 Å². The maximum atomic E-state index is 10.3. The van der Waals surface area contributed by atoms with Gasteiger partial charge in [-0.2, -0.15) is 0 Å². The predicted octanol–water partition coefficient (Wildman–Crippen LogP) is 2.30. The lowest BCUT2D eigenvalue weighted by Crippen LogP contribution is -2.13. The number of thiophene rings is 1. The Labute approximate surface area is 90.9 Å². The third-order valence-corrected chi connectivity index (χ3v) is 2.72. The first-order valence-corrected chi connectivity index (χ1v) is 4.51. The number of halogens is 2. The molecule has 1 aromatic rings. The lowest BCUT2D eigenvalue weighted by Gasteiger charge is -2.04. The molecule has 1 aromatic heterocycles. The predicted molar refractivity (Wildman–Crippen MR) is 55.8 cm³/mol. The van der Waals surface area contributed by atoms with E-state index in [2.05, 4.69) is 0 Å². The molecule has 13 heavy (non-hydrogen) atoms. The molecule has 0 aliphatic carbocycles. The van der Waals surface area contributed by atoms with E-state index in [4.69, 9.17) is 22.4 Å². The van der Waals surface area contributed by atoms with Crippen molar-refractivity contribution in [2.75, 3.05) is 0 Å². The average molecular weight is 242 g/mol. The van der Waals surface area contributed by atoms with Gasteiger partial charge in [0.2, 0.25) is 0 Å². The molecule has 0 saturated carbocycles. The van der Waals surface area contributed by atoms with Crippen LogP contribution >= 0.6 is 35.3 Å². The highest BCUT2D eigenvalue weighted by atomic mass is 35.5. The van der Waals surface area contributed by atoms with Gasteiger partial charge in [0.25, 0.3) is 0 Å². The molecule has 0 aliphatic heterocycles. The zero-order valence-electron chi connectivity index (χ0n) is 6.57. The molecule has 0 saturated heterocycles. The minimum atomic E-state index is -0.896. The zero-order valence-corrected chi connectivity index (χ0v) is 8.96. The minimum Gasteiger partial charge on any atom is -0.481 e. The number of carboxylic acid groups (broad SMARTS) is 1. The van der Waals surface area contributed by atoms with Gasteiger partial charge in [0.05, 0.1) is 10.8 Å². The highest BCUT2D eigenvalue weighted by Crippen LogP contribution is 2.26. The van der Waals surface area contributed by atoms with Gasteiger partial charge in [0, 0.05) is 10.9 Å². The van der Waals surface area contributed by atoms with Crippen LogP contribution < -0.4 is 5.73 Å². The van der Waals surface area contributed by atoms with E-state index in [9.17, 15) is 4.79 Å². The molecule has 0 unspecified atom stereocenters. The summed E-state index contributed by atoms with van der Waals surface area (Å²) in [4.78, 5) is 11.1. The van der Waals surface area contributed by atoms with Crippen LogP contribution in [0.4, 0.5) is 0 Å². The van der Waals surface area contributed by atoms with Gasteiger partial charge in [-0.15, -0.1) is 23.7 Å². The highest BCUT2D eigenvalue weighted by molar-refractivity contribution is 7.16. The van der Waals surface area contributed by atoms with Crippen LogP contribution in [0.15, 0.2) is 12.1 Å². The number of hydrogen-bond donors (Lipinski definition) is 2. The second kappa shape index (κ2) is 5.44. The number of carboxylic acids is 1. The molecule has 1 rings (SSSR count). The van der Waals surface area contributed by atoms with Crippen molar-refractivity contribution < 1.29 is 9.90 Å². The summed E-state index contributed by atoms with van der Waals surface area (Å²) < 4.78 is 0.630. The van der Waals surface area contributed by atoms with Crippen molar-refractivity contribution in [2.45, 2.75) is 12.5 Å². The SMILES string of the molecule is Cl.N[C@H](CC(=O)O)c1ccc(Cl)s1. The summed E-state index contributed by atoms with van der Waals surface area (Å²) >= 11 is 6.97. The number of hydrogen-bond acceptors (Lipinski definition) is 3. The normalized spacial score (nSPS) is 11.8. The quantitative estimate of drug-likeness (QED) is 0.854. The van der Waals surface area contributed by atoms with Crippen LogP contribution in [0.2, 0.25) is 4.34 Å². The lowest BCUT2D eigenvalue weighted by atomic mass is 10.2. The Morgan fingerprint density at radius 2 is 2.31 bits per heavy atom. The summed E-state index contributed by atoms with van der Waals surface area (Å²) in [5.74, 6) is -0.896. The van der Waals surface area contributed by atoms with E-state index < -0.39 is 12.0 Å². The third-order valence-electron chi connectivity index (χ3n) is 1.35. The van der Waals surface area contributed by atoms with Crippen molar-refractivity contribution >= 4 is 41.3 Å². The molecule has 0 bridgehead atoms. The molecule has 0 fully saturated rings. The van der Waals surface area contributed by atoms with Gasteiger partial charge >= 0.3 is 5.97 Å². The number of carbonyl (C=O) groups is 1. The van der Waals surface area contributed by atoms with Crippen molar-refractivity contribution in [3.63, 3.8) is 0 Å². The Morgan fingerprint density at radius 3 is 2.69 bits per heavy atom. The number of rotatable bonds is 3. The van der Waals surface area contributed by atoms with Crippen LogP contribution in [0.25, 0.3) is 0 Å². The second-order valence-electron chi connectivity index (χ2n) is 2.35. The molecule has 0 aromatic carbocycles. The van der Waals surface area contributed by atoms with Crippen LogP contribution in [0.3, 0.4) is 0 Å². The maximum Gasteiger partial charge on any atom is 0.305 e. The van der Waals surface area contributed by atoms with Gasteiger partial charge in [0.1, 0.15) is 0 Å². The van der Waals surface area contributed by atoms with E-state index in [0.29, 0.717) is 4.34 Å². The molecular weight excluding hydrogens is 233 g/mol. The fraction of sp³-hybridized carbons (Fsp3) is 0.286. The Bertz CT molecular complexity index is 290. The summed E-state index contributed by atoms with van der Waals surface area (Å²) in [6.07, 6.45) is -0.0587. The molecule has 3 nitrogen and oxygen atoms in total. The van der Waals surface area contributed by atoms with Crippen molar-refractivity contribution in [3.8, 4) is 0 Å². The fourth-order valence-electron chi connectivity index (χ4n) is 0.816. The molecule has 74 valence electrons. The summed E-state index contributed by atoms with van der Waals surface area (Å²) in [7, 11) is 0. The van der Waals surface area contributed by atoms with Gasteiger partial charge in [-0.05, 0) is 12.1 Å². The van der Waals surface area contributed by atoms with E-state index in [-0.39, 0.29) is 18.8 Å². The summed E-state index contributed by atoms with van der Waals surface area (Å²) in [6.45, 7) is 0. The molecule has 3 N–H and O–H groups in total. The number of aliphatic carboxylic acids is 1. The Morgan fingerprint density at radius 1 is 1.69 bits per heavy atom. The van der Waals surface area contributed by atoms with E-state index in [1.54, 1.807) is 12.1 Å². The first kappa shape index (κ1) is 12.7. The first-order chi connectivity index (χ1) is 5.59. The molecule has 1 atom stereocenters. The van der Waals surface area contributed by atoms with E-state index in [0.717, 1.165) is 4.88 Å². The zero-order chi connectivity index (χ0) is 9.14. The molecule has 6 heteroatoms. The largest absolute Gasteiger partial charge is 0.481 e. The first-order valence-electron chi connectivity index (χ1n) is 3.32. The highest BCUT2D eigenvalue weighted by Gasteiger charge is 2.12. The monoisotopic (exact) mass is 241 g/mol. The van der Waals surface area contributed by atoms with E-state index in [1.165, 1.54) is 11.3 Å². The molecular formula is C7H9Cl2NO2S. The topological polar surface area (TPSA) is 63.3 Å². The minimum absolute atomic E-state index is 0. The van der Waals surface area contributed by atoms with Gasteiger partial charge in [0.15, 0.2) is 0 Å². The standard InChI is InChI=1S/C7H8ClNO2S.ClH/c8-6-2-1-5(12-6)4(9)3-7(10)11;/h1-2,4H,3,9H2,(H,10,11);1H/t4-;/m1./s1. The summed E-state index contributed by atoms with van der Waals surface area (Å²) in [5.41, 5.74) is 5.58. The van der Waals surface area contributed by atoms with Crippen LogP contribution in [-0.2, 0) is 4.79 Å². The van der Waals surface area contributed by atoms with Crippen molar-refractivity contribution in [2.24, 2.45) is 5.73 Å². The van der Waals surface area contributed by atoms with Gasteiger partial charge in [-0.1, -0.05) is 11.6 Å². The summed E-state index contributed by atoms with van der Waals surface area (Å²) in [6, 6.07) is 3.02. The molecule has 1 heterocycles. The van der Waals surface area contributed by atoms with Crippen molar-refractivity contribution in [1.29, 1.82) is 0 Å². The third kappa shape index (κ3) is 3.95. The van der Waals surface area contributed by atoms with Gasteiger partial charge < -0.3 is 10.8 Å². The summed E-state index contributed by atoms with van der Waals surface area (Å²) in [5, 5.41) is 8.44. The Hall–Kier alpha value is -0.290. The van der Waals surface area contributed by atoms with E-state index in [1.807, 2.05) is 0 Å². The van der Waals surface area contributed by atoms with Crippen LogP contribution in [0, 0.1) is 0 Å². The lowest BCUT2D eigenvalue weighted by molar-refractivity contribution is -0.137. The molecule has 0 spiro atoms. The number of nitrogens with two attached hydrogens (primary N) is 1.